The summed E-state index contributed by atoms with van der Waals surface area (Å²) in [6.45, 7) is 0. The van der Waals surface area contributed by atoms with Gasteiger partial charge in [0.25, 0.3) is 0 Å². The van der Waals surface area contributed by atoms with E-state index < -0.39 is 0 Å². The topological polar surface area (TPSA) is 22.1 Å². The number of ether oxygens (including phenoxy) is 1. The van der Waals surface area contributed by atoms with Gasteiger partial charge in [-0.25, -0.2) is 4.98 Å². The summed E-state index contributed by atoms with van der Waals surface area (Å²) >= 11 is 24.0. The zero-order valence-electron chi connectivity index (χ0n) is 9.18. The second kappa shape index (κ2) is 5.54. The zero-order chi connectivity index (χ0) is 13.3. The van der Waals surface area contributed by atoms with Gasteiger partial charge in [-0.15, -0.1) is 0 Å². The van der Waals surface area contributed by atoms with Gasteiger partial charge >= 0.3 is 0 Å². The van der Waals surface area contributed by atoms with Crippen LogP contribution in [-0.2, 0) is 0 Å². The van der Waals surface area contributed by atoms with E-state index in [1.807, 2.05) is 0 Å². The number of halogens is 4. The van der Waals surface area contributed by atoms with E-state index in [2.05, 4.69) is 4.98 Å². The second-order valence-corrected chi connectivity index (χ2v) is 5.01. The number of hydrogen-bond acceptors (Lipinski definition) is 2. The number of hydrogen-bond donors (Lipinski definition) is 0. The third kappa shape index (κ3) is 2.52. The van der Waals surface area contributed by atoms with E-state index in [4.69, 9.17) is 51.1 Å². The standard InChI is InChI=1S/C12H7Cl4NO/c1-18-11-6(2-3-17-12(11)16)7-4-9(14)10(15)5-8(7)13/h2-5H,1H3. The van der Waals surface area contributed by atoms with E-state index in [-0.39, 0.29) is 5.15 Å². The molecular weight excluding hydrogens is 316 g/mol. The molecule has 0 amide bonds. The molecule has 0 saturated carbocycles. The van der Waals surface area contributed by atoms with Crippen LogP contribution in [0.2, 0.25) is 20.2 Å². The summed E-state index contributed by atoms with van der Waals surface area (Å²) in [5.41, 5.74) is 1.40. The van der Waals surface area contributed by atoms with Crippen LogP contribution in [0.1, 0.15) is 0 Å². The molecule has 1 aromatic carbocycles. The smallest absolute Gasteiger partial charge is 0.171 e. The fourth-order valence-corrected chi connectivity index (χ4v) is 2.44. The maximum absolute atomic E-state index is 6.16. The van der Waals surface area contributed by atoms with Crippen LogP contribution in [0.15, 0.2) is 24.4 Å². The van der Waals surface area contributed by atoms with Gasteiger partial charge in [0.05, 0.1) is 22.2 Å². The van der Waals surface area contributed by atoms with Crippen molar-refractivity contribution in [2.45, 2.75) is 0 Å². The summed E-state index contributed by atoms with van der Waals surface area (Å²) in [7, 11) is 1.51. The molecule has 0 unspecified atom stereocenters. The van der Waals surface area contributed by atoms with E-state index in [0.29, 0.717) is 31.9 Å². The second-order valence-electron chi connectivity index (χ2n) is 3.43. The molecular formula is C12H7Cl4NO. The van der Waals surface area contributed by atoms with Gasteiger partial charge in [-0.3, -0.25) is 0 Å². The fourth-order valence-electron chi connectivity index (χ4n) is 1.56. The van der Waals surface area contributed by atoms with Crippen LogP contribution >= 0.6 is 46.4 Å². The Morgan fingerprint density at radius 1 is 0.944 bits per heavy atom. The largest absolute Gasteiger partial charge is 0.493 e. The van der Waals surface area contributed by atoms with Crippen LogP contribution in [0.4, 0.5) is 0 Å². The predicted molar refractivity (Wildman–Crippen MR) is 76.3 cm³/mol. The molecule has 2 nitrogen and oxygen atoms in total. The maximum Gasteiger partial charge on any atom is 0.171 e. The lowest BCUT2D eigenvalue weighted by Gasteiger charge is -2.11. The van der Waals surface area contributed by atoms with Crippen LogP contribution in [0.5, 0.6) is 5.75 Å². The van der Waals surface area contributed by atoms with Gasteiger partial charge in [-0.1, -0.05) is 46.4 Å². The highest BCUT2D eigenvalue weighted by Gasteiger charge is 2.15. The molecule has 94 valence electrons. The molecule has 18 heavy (non-hydrogen) atoms. The highest BCUT2D eigenvalue weighted by molar-refractivity contribution is 6.44. The van der Waals surface area contributed by atoms with Crippen molar-refractivity contribution in [3.63, 3.8) is 0 Å². The Hall–Kier alpha value is -0.670. The van der Waals surface area contributed by atoms with Crippen LogP contribution in [-0.4, -0.2) is 12.1 Å². The van der Waals surface area contributed by atoms with Crippen LogP contribution in [0.25, 0.3) is 11.1 Å². The zero-order valence-corrected chi connectivity index (χ0v) is 12.2. The molecule has 2 rings (SSSR count). The number of pyridine rings is 1. The summed E-state index contributed by atoms with van der Waals surface area (Å²) in [5, 5.41) is 1.53. The lowest BCUT2D eigenvalue weighted by Crippen LogP contribution is -1.92. The molecule has 0 fully saturated rings. The van der Waals surface area contributed by atoms with E-state index in [9.17, 15) is 0 Å². The molecule has 1 aromatic heterocycles. The van der Waals surface area contributed by atoms with Crippen molar-refractivity contribution in [3.8, 4) is 16.9 Å². The van der Waals surface area contributed by atoms with Gasteiger partial charge in [0.15, 0.2) is 10.9 Å². The first kappa shape index (κ1) is 13.8. The number of rotatable bonds is 2. The Labute approximate surface area is 124 Å². The molecule has 0 spiro atoms. The van der Waals surface area contributed by atoms with Crippen molar-refractivity contribution < 1.29 is 4.74 Å². The van der Waals surface area contributed by atoms with Gasteiger partial charge in [0.2, 0.25) is 0 Å². The average Bonchev–Trinajstić information content (AvgIpc) is 2.33. The lowest BCUT2D eigenvalue weighted by atomic mass is 10.1. The first-order valence-corrected chi connectivity index (χ1v) is 6.39. The Morgan fingerprint density at radius 2 is 1.61 bits per heavy atom. The van der Waals surface area contributed by atoms with Gasteiger partial charge in [-0.2, -0.15) is 0 Å². The number of benzene rings is 1. The van der Waals surface area contributed by atoms with E-state index in [1.165, 1.54) is 7.11 Å². The van der Waals surface area contributed by atoms with Crippen LogP contribution < -0.4 is 4.74 Å². The highest BCUT2D eigenvalue weighted by atomic mass is 35.5. The van der Waals surface area contributed by atoms with Crippen molar-refractivity contribution in [1.29, 1.82) is 0 Å². The van der Waals surface area contributed by atoms with Gasteiger partial charge < -0.3 is 4.74 Å². The highest BCUT2D eigenvalue weighted by Crippen LogP contribution is 2.41. The summed E-state index contributed by atoms with van der Waals surface area (Å²) < 4.78 is 5.23. The van der Waals surface area contributed by atoms with E-state index in [1.54, 1.807) is 24.4 Å². The first-order valence-electron chi connectivity index (χ1n) is 4.88. The molecule has 0 aliphatic heterocycles. The monoisotopic (exact) mass is 321 g/mol. The van der Waals surface area contributed by atoms with Crippen molar-refractivity contribution in [3.05, 3.63) is 44.6 Å². The van der Waals surface area contributed by atoms with E-state index >= 15 is 0 Å². The van der Waals surface area contributed by atoms with Crippen molar-refractivity contribution in [2.24, 2.45) is 0 Å². The number of aromatic nitrogens is 1. The van der Waals surface area contributed by atoms with Crippen molar-refractivity contribution in [1.82, 2.24) is 4.98 Å². The minimum absolute atomic E-state index is 0.261. The molecule has 0 aliphatic carbocycles. The van der Waals surface area contributed by atoms with Gasteiger partial charge in [-0.05, 0) is 18.2 Å². The van der Waals surface area contributed by atoms with Gasteiger partial charge in [0.1, 0.15) is 0 Å². The summed E-state index contributed by atoms with van der Waals surface area (Å²) in [6.07, 6.45) is 1.57. The molecule has 6 heteroatoms. The Morgan fingerprint density at radius 3 is 2.28 bits per heavy atom. The van der Waals surface area contributed by atoms with Crippen molar-refractivity contribution >= 4 is 46.4 Å². The molecule has 0 saturated heterocycles. The summed E-state index contributed by atoms with van der Waals surface area (Å²) in [4.78, 5) is 3.94. The third-order valence-electron chi connectivity index (χ3n) is 2.37. The van der Waals surface area contributed by atoms with Crippen molar-refractivity contribution in [2.75, 3.05) is 7.11 Å². The van der Waals surface area contributed by atoms with Crippen LogP contribution in [0, 0.1) is 0 Å². The molecule has 0 radical (unpaired) electrons. The van der Waals surface area contributed by atoms with E-state index in [0.717, 1.165) is 0 Å². The molecule has 0 N–H and O–H groups in total. The van der Waals surface area contributed by atoms with Crippen LogP contribution in [0.3, 0.4) is 0 Å². The fraction of sp³-hybridized carbons (Fsp3) is 0.0833. The molecule has 1 heterocycles. The Bertz CT molecular complexity index is 601. The summed E-state index contributed by atoms with van der Waals surface area (Å²) in [6, 6.07) is 4.99. The SMILES string of the molecule is COc1c(-c2cc(Cl)c(Cl)cc2Cl)ccnc1Cl. The third-order valence-corrected chi connectivity index (χ3v) is 3.67. The molecule has 0 bridgehead atoms. The molecule has 0 aliphatic rings. The average molecular weight is 323 g/mol. The minimum atomic E-state index is 0.261. The minimum Gasteiger partial charge on any atom is -0.493 e. The Balaban J connectivity index is 2.69. The normalized spacial score (nSPS) is 10.5. The number of methoxy groups -OCH3 is 1. The predicted octanol–water partition coefficient (Wildman–Crippen LogP) is 5.37. The quantitative estimate of drug-likeness (QED) is 0.547. The molecule has 0 atom stereocenters. The molecule has 2 aromatic rings. The van der Waals surface area contributed by atoms with Gasteiger partial charge in [0, 0.05) is 17.3 Å². The Kier molecular flexibility index (Phi) is 4.23. The number of nitrogens with zero attached hydrogens (tertiary/aromatic N) is 1. The maximum atomic E-state index is 6.16. The first-order chi connectivity index (χ1) is 8.54. The lowest BCUT2D eigenvalue weighted by molar-refractivity contribution is 0.415. The summed E-state index contributed by atoms with van der Waals surface area (Å²) in [5.74, 6) is 0.444.